The average Bonchev–Trinajstić information content (AvgIpc) is 3.02. The molecule has 0 spiro atoms. The normalized spacial score (nSPS) is 11.9. The number of carbonyl (C=O) groups excluding carboxylic acids is 2. The van der Waals surface area contributed by atoms with Gasteiger partial charge in [-0.1, -0.05) is 72.8 Å². The van der Waals surface area contributed by atoms with E-state index in [0.29, 0.717) is 11.4 Å². The van der Waals surface area contributed by atoms with Gasteiger partial charge in [-0.25, -0.2) is 8.42 Å². The van der Waals surface area contributed by atoms with Crippen LogP contribution in [-0.2, 0) is 32.6 Å². The van der Waals surface area contributed by atoms with Crippen molar-refractivity contribution < 1.29 is 22.7 Å². The van der Waals surface area contributed by atoms with E-state index in [9.17, 15) is 18.0 Å². The molecule has 44 heavy (non-hydrogen) atoms. The fraction of sp³-hybridized carbons (Fsp3) is 0.257. The number of hydrogen-bond donors (Lipinski definition) is 1. The zero-order valence-corrected chi connectivity index (χ0v) is 26.3. The third kappa shape index (κ3) is 8.05. The molecule has 9 heteroatoms. The molecule has 0 unspecified atom stereocenters. The Morgan fingerprint density at radius 3 is 2.00 bits per heavy atom. The van der Waals surface area contributed by atoms with Crippen molar-refractivity contribution in [1.82, 2.24) is 10.2 Å². The molecule has 0 fully saturated rings. The second-order valence-corrected chi connectivity index (χ2v) is 12.7. The van der Waals surface area contributed by atoms with E-state index in [2.05, 4.69) is 5.32 Å². The molecule has 4 rings (SSSR count). The van der Waals surface area contributed by atoms with Gasteiger partial charge in [0.05, 0.1) is 17.7 Å². The Hall–Kier alpha value is -4.63. The number of aryl methyl sites for hydroxylation is 1. The summed E-state index contributed by atoms with van der Waals surface area (Å²) in [5, 5.41) is 2.97. The highest BCUT2D eigenvalue weighted by molar-refractivity contribution is 7.92. The van der Waals surface area contributed by atoms with Crippen LogP contribution in [0.15, 0.2) is 114 Å². The minimum atomic E-state index is -4.18. The highest BCUT2D eigenvalue weighted by atomic mass is 32.2. The first-order valence-corrected chi connectivity index (χ1v) is 15.9. The lowest BCUT2D eigenvalue weighted by Crippen LogP contribution is -2.54. The summed E-state index contributed by atoms with van der Waals surface area (Å²) in [5.41, 5.74) is 3.03. The molecule has 0 aromatic heterocycles. The van der Waals surface area contributed by atoms with Crippen molar-refractivity contribution in [2.75, 3.05) is 18.0 Å². The van der Waals surface area contributed by atoms with Crippen LogP contribution in [-0.4, -0.2) is 50.9 Å². The van der Waals surface area contributed by atoms with Crippen LogP contribution in [0.1, 0.15) is 30.5 Å². The summed E-state index contributed by atoms with van der Waals surface area (Å²) in [6.45, 7) is 5.29. The summed E-state index contributed by atoms with van der Waals surface area (Å²) in [5.74, 6) is -0.306. The van der Waals surface area contributed by atoms with Crippen molar-refractivity contribution in [1.29, 1.82) is 0 Å². The SMILES string of the molecule is COc1ccc(S(=O)(=O)N(CC(=O)N(Cc2ccccc2C)[C@H](Cc2ccccc2)C(=O)NC(C)C)c2ccccc2)cc1. The van der Waals surface area contributed by atoms with Gasteiger partial charge in [-0.05, 0) is 73.9 Å². The van der Waals surface area contributed by atoms with E-state index in [-0.39, 0.29) is 29.8 Å². The maximum Gasteiger partial charge on any atom is 0.264 e. The Balaban J connectivity index is 1.79. The first kappa shape index (κ1) is 32.3. The van der Waals surface area contributed by atoms with Crippen LogP contribution >= 0.6 is 0 Å². The van der Waals surface area contributed by atoms with Gasteiger partial charge in [-0.15, -0.1) is 0 Å². The first-order chi connectivity index (χ1) is 21.1. The molecule has 0 saturated carbocycles. The highest BCUT2D eigenvalue weighted by Gasteiger charge is 2.35. The van der Waals surface area contributed by atoms with Crippen LogP contribution in [0.25, 0.3) is 0 Å². The molecule has 8 nitrogen and oxygen atoms in total. The van der Waals surface area contributed by atoms with E-state index in [1.54, 1.807) is 42.5 Å². The molecule has 0 radical (unpaired) electrons. The lowest BCUT2D eigenvalue weighted by atomic mass is 10.0. The molecular weight excluding hydrogens is 574 g/mol. The zero-order chi connectivity index (χ0) is 31.7. The lowest BCUT2D eigenvalue weighted by Gasteiger charge is -2.34. The Labute approximate surface area is 260 Å². The van der Waals surface area contributed by atoms with Crippen LogP contribution in [0.4, 0.5) is 5.69 Å². The number of amides is 2. The maximum absolute atomic E-state index is 14.5. The molecule has 0 saturated heterocycles. The number of benzene rings is 4. The summed E-state index contributed by atoms with van der Waals surface area (Å²) in [6.07, 6.45) is 0.258. The van der Waals surface area contributed by atoms with Crippen molar-refractivity contribution >= 4 is 27.5 Å². The Morgan fingerprint density at radius 2 is 1.41 bits per heavy atom. The van der Waals surface area contributed by atoms with Gasteiger partial charge in [0.1, 0.15) is 18.3 Å². The first-order valence-electron chi connectivity index (χ1n) is 14.5. The molecule has 1 atom stereocenters. The maximum atomic E-state index is 14.5. The number of sulfonamides is 1. The van der Waals surface area contributed by atoms with Crippen LogP contribution in [0.3, 0.4) is 0 Å². The van der Waals surface area contributed by atoms with Crippen molar-refractivity contribution in [2.24, 2.45) is 0 Å². The molecule has 0 aliphatic carbocycles. The number of para-hydroxylation sites is 1. The third-order valence-electron chi connectivity index (χ3n) is 7.27. The Kier molecular flexibility index (Phi) is 10.8. The average molecular weight is 614 g/mol. The molecule has 230 valence electrons. The Bertz CT molecular complexity index is 1640. The van der Waals surface area contributed by atoms with E-state index in [1.165, 1.54) is 24.1 Å². The largest absolute Gasteiger partial charge is 0.497 e. The number of methoxy groups -OCH3 is 1. The van der Waals surface area contributed by atoms with Gasteiger partial charge in [0, 0.05) is 19.0 Å². The molecule has 0 aliphatic heterocycles. The van der Waals surface area contributed by atoms with Gasteiger partial charge < -0.3 is 15.0 Å². The van der Waals surface area contributed by atoms with Crippen LogP contribution < -0.4 is 14.4 Å². The second-order valence-electron chi connectivity index (χ2n) is 10.8. The standard InChI is InChI=1S/C35H39N3O5S/c1-26(2)36-35(40)33(23-28-14-7-5-8-15-28)37(24-29-16-12-11-13-27(29)3)34(39)25-38(30-17-9-6-10-18-30)44(41,42)32-21-19-31(43-4)20-22-32/h5-22,26,33H,23-25H2,1-4H3,(H,36,40)/t33-/m1/s1. The lowest BCUT2D eigenvalue weighted by molar-refractivity contribution is -0.140. The zero-order valence-electron chi connectivity index (χ0n) is 25.5. The predicted octanol–water partition coefficient (Wildman–Crippen LogP) is 5.36. The van der Waals surface area contributed by atoms with Gasteiger partial charge in [0.2, 0.25) is 11.8 Å². The topological polar surface area (TPSA) is 96.0 Å². The minimum absolute atomic E-state index is 0.0128. The molecule has 0 heterocycles. The molecular formula is C35H39N3O5S. The summed E-state index contributed by atoms with van der Waals surface area (Å²) in [6, 6.07) is 30.6. The second kappa shape index (κ2) is 14.7. The van der Waals surface area contributed by atoms with Crippen molar-refractivity contribution in [3.05, 3.63) is 126 Å². The summed E-state index contributed by atoms with van der Waals surface area (Å²) in [4.78, 5) is 29.7. The number of nitrogens with zero attached hydrogens (tertiary/aromatic N) is 2. The fourth-order valence-corrected chi connectivity index (χ4v) is 6.32. The van der Waals surface area contributed by atoms with Gasteiger partial charge >= 0.3 is 0 Å². The summed E-state index contributed by atoms with van der Waals surface area (Å²) < 4.78 is 34.5. The predicted molar refractivity (Wildman–Crippen MR) is 173 cm³/mol. The van der Waals surface area contributed by atoms with E-state index in [0.717, 1.165) is 21.0 Å². The number of anilines is 1. The smallest absolute Gasteiger partial charge is 0.264 e. The number of ether oxygens (including phenoxy) is 1. The van der Waals surface area contributed by atoms with Gasteiger partial charge in [-0.3, -0.25) is 13.9 Å². The quantitative estimate of drug-likeness (QED) is 0.219. The van der Waals surface area contributed by atoms with E-state index < -0.39 is 28.5 Å². The van der Waals surface area contributed by atoms with Crippen LogP contribution in [0.5, 0.6) is 5.75 Å². The minimum Gasteiger partial charge on any atom is -0.497 e. The molecule has 2 amide bonds. The van der Waals surface area contributed by atoms with Gasteiger partial charge in [0.25, 0.3) is 10.0 Å². The van der Waals surface area contributed by atoms with E-state index >= 15 is 0 Å². The van der Waals surface area contributed by atoms with Crippen molar-refractivity contribution in [3.8, 4) is 5.75 Å². The fourth-order valence-electron chi connectivity index (χ4n) is 4.90. The monoisotopic (exact) mass is 613 g/mol. The summed E-state index contributed by atoms with van der Waals surface area (Å²) >= 11 is 0. The van der Waals surface area contributed by atoms with Gasteiger partial charge in [0.15, 0.2) is 0 Å². The number of hydrogen-bond acceptors (Lipinski definition) is 5. The summed E-state index contributed by atoms with van der Waals surface area (Å²) in [7, 11) is -2.68. The van der Waals surface area contributed by atoms with Crippen LogP contribution in [0.2, 0.25) is 0 Å². The molecule has 0 bridgehead atoms. The number of carbonyl (C=O) groups is 2. The van der Waals surface area contributed by atoms with Crippen LogP contribution in [0, 0.1) is 6.92 Å². The van der Waals surface area contributed by atoms with Crippen molar-refractivity contribution in [3.63, 3.8) is 0 Å². The molecule has 0 aliphatic rings. The van der Waals surface area contributed by atoms with Gasteiger partial charge in [-0.2, -0.15) is 0 Å². The molecule has 4 aromatic rings. The number of nitrogens with one attached hydrogen (secondary N) is 1. The molecule has 4 aromatic carbocycles. The van der Waals surface area contributed by atoms with E-state index in [1.807, 2.05) is 75.4 Å². The van der Waals surface area contributed by atoms with E-state index in [4.69, 9.17) is 4.74 Å². The number of rotatable bonds is 13. The molecule has 1 N–H and O–H groups in total. The highest BCUT2D eigenvalue weighted by Crippen LogP contribution is 2.26. The Morgan fingerprint density at radius 1 is 0.818 bits per heavy atom. The third-order valence-corrected chi connectivity index (χ3v) is 9.06. The van der Waals surface area contributed by atoms with Crippen molar-refractivity contribution in [2.45, 2.75) is 50.7 Å².